The number of hydrogen-bond acceptors (Lipinski definition) is 5. The second-order valence-corrected chi connectivity index (χ2v) is 9.85. The summed E-state index contributed by atoms with van der Waals surface area (Å²) < 4.78 is 2.94. The van der Waals surface area contributed by atoms with Gasteiger partial charge in [0.25, 0.3) is 0 Å². The SMILES string of the molecule is CC(C)(C)c1ccc(-c2nnc(SCC(=O)NCCC#N)n2-c2ccc(Br)cc2)cc1. The van der Waals surface area contributed by atoms with Crippen molar-refractivity contribution >= 4 is 33.6 Å². The second kappa shape index (κ2) is 10.1. The minimum atomic E-state index is -0.137. The van der Waals surface area contributed by atoms with Crippen LogP contribution in [0.25, 0.3) is 17.1 Å². The molecule has 0 aliphatic rings. The predicted molar refractivity (Wildman–Crippen MR) is 127 cm³/mol. The van der Waals surface area contributed by atoms with Gasteiger partial charge < -0.3 is 5.32 Å². The molecule has 0 bridgehead atoms. The summed E-state index contributed by atoms with van der Waals surface area (Å²) in [5, 5.41) is 20.8. The first-order chi connectivity index (χ1) is 14.8. The van der Waals surface area contributed by atoms with E-state index in [1.165, 1.54) is 17.3 Å². The van der Waals surface area contributed by atoms with E-state index in [1.54, 1.807) is 0 Å². The number of thioether (sulfide) groups is 1. The third-order valence-corrected chi connectivity index (χ3v) is 6.08. The monoisotopic (exact) mass is 497 g/mol. The van der Waals surface area contributed by atoms with Crippen LogP contribution in [0.4, 0.5) is 0 Å². The molecule has 0 aliphatic heterocycles. The summed E-state index contributed by atoms with van der Waals surface area (Å²) in [6.45, 7) is 6.90. The van der Waals surface area contributed by atoms with Crippen LogP contribution in [0.15, 0.2) is 58.2 Å². The highest BCUT2D eigenvalue weighted by atomic mass is 79.9. The molecular weight excluding hydrogens is 474 g/mol. The zero-order valence-corrected chi connectivity index (χ0v) is 20.1. The Morgan fingerprint density at radius 1 is 1.13 bits per heavy atom. The molecule has 160 valence electrons. The van der Waals surface area contributed by atoms with Gasteiger partial charge in [0.2, 0.25) is 5.91 Å². The summed E-state index contributed by atoms with van der Waals surface area (Å²) in [5.41, 5.74) is 3.18. The van der Waals surface area contributed by atoms with Gasteiger partial charge in [-0.05, 0) is 35.2 Å². The fourth-order valence-corrected chi connectivity index (χ4v) is 3.98. The van der Waals surface area contributed by atoms with Crippen LogP contribution in [0.3, 0.4) is 0 Å². The smallest absolute Gasteiger partial charge is 0.230 e. The molecule has 1 heterocycles. The maximum atomic E-state index is 12.1. The minimum absolute atomic E-state index is 0.0673. The number of halogens is 1. The third kappa shape index (κ3) is 5.96. The molecule has 0 aliphatic carbocycles. The Hall–Kier alpha value is -2.63. The van der Waals surface area contributed by atoms with Gasteiger partial charge in [-0.25, -0.2) is 0 Å². The fraction of sp³-hybridized carbons (Fsp3) is 0.304. The van der Waals surface area contributed by atoms with E-state index in [0.29, 0.717) is 18.1 Å². The number of nitrogens with zero attached hydrogens (tertiary/aromatic N) is 4. The van der Waals surface area contributed by atoms with Crippen molar-refractivity contribution in [3.8, 4) is 23.1 Å². The molecule has 3 rings (SSSR count). The number of aromatic nitrogens is 3. The first kappa shape index (κ1) is 23.0. The fourth-order valence-electron chi connectivity index (χ4n) is 2.93. The molecule has 0 fully saturated rings. The highest BCUT2D eigenvalue weighted by Gasteiger charge is 2.19. The van der Waals surface area contributed by atoms with Gasteiger partial charge in [-0.3, -0.25) is 9.36 Å². The first-order valence-corrected chi connectivity index (χ1v) is 11.7. The zero-order chi connectivity index (χ0) is 22.4. The van der Waals surface area contributed by atoms with E-state index < -0.39 is 0 Å². The van der Waals surface area contributed by atoms with Crippen molar-refractivity contribution in [2.75, 3.05) is 12.3 Å². The molecule has 31 heavy (non-hydrogen) atoms. The quantitative estimate of drug-likeness (QED) is 0.361. The molecular formula is C23H24BrN5OS. The Morgan fingerprint density at radius 2 is 1.81 bits per heavy atom. The number of rotatable bonds is 7. The van der Waals surface area contributed by atoms with Crippen molar-refractivity contribution in [3.05, 3.63) is 58.6 Å². The van der Waals surface area contributed by atoms with E-state index in [-0.39, 0.29) is 17.1 Å². The standard InChI is InChI=1S/C23H24BrN5OS/c1-23(2,3)17-7-5-16(6-8-17)21-27-28-22(31-15-20(30)26-14-4-13-25)29(21)19-11-9-18(24)10-12-19/h5-12H,4,14-15H2,1-3H3,(H,26,30). The van der Waals surface area contributed by atoms with Gasteiger partial charge in [0.05, 0.1) is 18.2 Å². The molecule has 0 atom stereocenters. The van der Waals surface area contributed by atoms with E-state index in [9.17, 15) is 4.79 Å². The number of nitriles is 1. The molecule has 0 radical (unpaired) electrons. The van der Waals surface area contributed by atoms with Crippen LogP contribution in [0.5, 0.6) is 0 Å². The van der Waals surface area contributed by atoms with Crippen molar-refractivity contribution in [1.82, 2.24) is 20.1 Å². The molecule has 6 nitrogen and oxygen atoms in total. The van der Waals surface area contributed by atoms with Crippen LogP contribution in [0, 0.1) is 11.3 Å². The van der Waals surface area contributed by atoms with Crippen LogP contribution >= 0.6 is 27.7 Å². The van der Waals surface area contributed by atoms with Crippen molar-refractivity contribution in [1.29, 1.82) is 5.26 Å². The third-order valence-electron chi connectivity index (χ3n) is 4.62. The van der Waals surface area contributed by atoms with E-state index in [0.717, 1.165) is 21.5 Å². The Balaban J connectivity index is 1.92. The Kier molecular flexibility index (Phi) is 7.52. The Bertz CT molecular complexity index is 1080. The average Bonchev–Trinajstić information content (AvgIpc) is 3.16. The van der Waals surface area contributed by atoms with Crippen LogP contribution in [-0.4, -0.2) is 33.0 Å². The largest absolute Gasteiger partial charge is 0.354 e. The van der Waals surface area contributed by atoms with Gasteiger partial charge in [0.15, 0.2) is 11.0 Å². The normalized spacial score (nSPS) is 11.2. The lowest BCUT2D eigenvalue weighted by Crippen LogP contribution is -2.26. The van der Waals surface area contributed by atoms with Gasteiger partial charge in [-0.2, -0.15) is 5.26 Å². The molecule has 1 amide bonds. The number of benzene rings is 2. The number of amides is 1. The van der Waals surface area contributed by atoms with Crippen molar-refractivity contribution in [3.63, 3.8) is 0 Å². The van der Waals surface area contributed by atoms with E-state index in [1.807, 2.05) is 34.9 Å². The summed E-state index contributed by atoms with van der Waals surface area (Å²) >= 11 is 4.79. The lowest BCUT2D eigenvalue weighted by Gasteiger charge is -2.19. The van der Waals surface area contributed by atoms with E-state index in [4.69, 9.17) is 5.26 Å². The second-order valence-electron chi connectivity index (χ2n) is 7.99. The van der Waals surface area contributed by atoms with Crippen molar-refractivity contribution in [2.24, 2.45) is 0 Å². The lowest BCUT2D eigenvalue weighted by molar-refractivity contribution is -0.118. The summed E-state index contributed by atoms with van der Waals surface area (Å²) in [6.07, 6.45) is 0.292. The maximum absolute atomic E-state index is 12.1. The molecule has 0 spiro atoms. The molecule has 0 saturated carbocycles. The number of nitrogens with one attached hydrogen (secondary N) is 1. The number of carbonyl (C=O) groups excluding carboxylic acids is 1. The average molecular weight is 498 g/mol. The van der Waals surface area contributed by atoms with Crippen molar-refractivity contribution < 1.29 is 4.79 Å². The maximum Gasteiger partial charge on any atom is 0.230 e. The van der Waals surface area contributed by atoms with Crippen LogP contribution in [0.1, 0.15) is 32.8 Å². The summed E-state index contributed by atoms with van der Waals surface area (Å²) in [4.78, 5) is 12.1. The molecule has 2 aromatic carbocycles. The van der Waals surface area contributed by atoms with Gasteiger partial charge in [-0.15, -0.1) is 10.2 Å². The predicted octanol–water partition coefficient (Wildman–Crippen LogP) is 5.12. The van der Waals surface area contributed by atoms with E-state index >= 15 is 0 Å². The molecule has 0 saturated heterocycles. The Morgan fingerprint density at radius 3 is 2.42 bits per heavy atom. The number of carbonyl (C=O) groups is 1. The topological polar surface area (TPSA) is 83.6 Å². The molecule has 1 N–H and O–H groups in total. The van der Waals surface area contributed by atoms with Crippen LogP contribution in [-0.2, 0) is 10.2 Å². The lowest BCUT2D eigenvalue weighted by atomic mass is 9.87. The van der Waals surface area contributed by atoms with E-state index in [2.05, 4.69) is 76.5 Å². The zero-order valence-electron chi connectivity index (χ0n) is 17.7. The van der Waals surface area contributed by atoms with Crippen molar-refractivity contribution in [2.45, 2.75) is 37.8 Å². The highest BCUT2D eigenvalue weighted by Crippen LogP contribution is 2.30. The van der Waals surface area contributed by atoms with Crippen LogP contribution < -0.4 is 5.32 Å². The summed E-state index contributed by atoms with van der Waals surface area (Å²) in [6, 6.07) is 18.3. The molecule has 0 unspecified atom stereocenters. The van der Waals surface area contributed by atoms with Gasteiger partial charge in [0.1, 0.15) is 0 Å². The first-order valence-electron chi connectivity index (χ1n) is 9.88. The highest BCUT2D eigenvalue weighted by molar-refractivity contribution is 9.10. The molecule has 8 heteroatoms. The minimum Gasteiger partial charge on any atom is -0.354 e. The summed E-state index contributed by atoms with van der Waals surface area (Å²) in [5.74, 6) is 0.778. The molecule has 1 aromatic heterocycles. The Labute approximate surface area is 195 Å². The number of hydrogen-bond donors (Lipinski definition) is 1. The van der Waals surface area contributed by atoms with Crippen LogP contribution in [0.2, 0.25) is 0 Å². The van der Waals surface area contributed by atoms with Gasteiger partial charge >= 0.3 is 0 Å². The van der Waals surface area contributed by atoms with Gasteiger partial charge in [0, 0.05) is 22.3 Å². The van der Waals surface area contributed by atoms with Gasteiger partial charge in [-0.1, -0.05) is 72.7 Å². The molecule has 3 aromatic rings. The summed E-state index contributed by atoms with van der Waals surface area (Å²) in [7, 11) is 0.